The Bertz CT molecular complexity index is 652. The fourth-order valence-electron chi connectivity index (χ4n) is 3.62. The third-order valence-electron chi connectivity index (χ3n) is 5.13. The normalized spacial score (nSPS) is 26.6. The van der Waals surface area contributed by atoms with Gasteiger partial charge in [-0.15, -0.1) is 15.3 Å². The molecule has 1 aliphatic heterocycles. The van der Waals surface area contributed by atoms with E-state index in [9.17, 15) is 5.11 Å². The molecule has 1 saturated carbocycles. The highest BCUT2D eigenvalue weighted by molar-refractivity contribution is 5.47. The van der Waals surface area contributed by atoms with Crippen LogP contribution < -0.4 is 4.90 Å². The molecular formula is C15H22N6O. The molecule has 3 heterocycles. The first-order valence-corrected chi connectivity index (χ1v) is 8.04. The highest BCUT2D eigenvalue weighted by Gasteiger charge is 2.37. The second-order valence-corrected chi connectivity index (χ2v) is 6.47. The highest BCUT2D eigenvalue weighted by Crippen LogP contribution is 2.28. The zero-order valence-electron chi connectivity index (χ0n) is 12.8. The lowest BCUT2D eigenvalue weighted by Crippen LogP contribution is -2.62. The van der Waals surface area contributed by atoms with Crippen LogP contribution in [0.2, 0.25) is 0 Å². The molecule has 0 amide bonds. The minimum absolute atomic E-state index is 0.167. The fourth-order valence-corrected chi connectivity index (χ4v) is 3.62. The van der Waals surface area contributed by atoms with Crippen LogP contribution in [0.3, 0.4) is 0 Å². The summed E-state index contributed by atoms with van der Waals surface area (Å²) in [4.78, 5) is 4.63. The summed E-state index contributed by atoms with van der Waals surface area (Å²) in [5, 5.41) is 22.6. The number of aromatic nitrogens is 4. The van der Waals surface area contributed by atoms with E-state index in [0.29, 0.717) is 12.1 Å². The third kappa shape index (κ3) is 2.34. The summed E-state index contributed by atoms with van der Waals surface area (Å²) in [6.45, 7) is 1.92. The predicted molar refractivity (Wildman–Crippen MR) is 82.8 cm³/mol. The number of anilines is 1. The van der Waals surface area contributed by atoms with Gasteiger partial charge in [0.15, 0.2) is 5.65 Å². The minimum atomic E-state index is -0.167. The van der Waals surface area contributed by atoms with Crippen molar-refractivity contribution in [3.8, 4) is 0 Å². The van der Waals surface area contributed by atoms with Crippen molar-refractivity contribution >= 4 is 11.5 Å². The van der Waals surface area contributed by atoms with E-state index < -0.39 is 0 Å². The molecule has 0 bridgehead atoms. The van der Waals surface area contributed by atoms with E-state index in [2.05, 4.69) is 32.1 Å². The van der Waals surface area contributed by atoms with E-state index in [1.807, 2.05) is 12.1 Å². The van der Waals surface area contributed by atoms with Crippen molar-refractivity contribution in [2.75, 3.05) is 25.0 Å². The van der Waals surface area contributed by atoms with Crippen molar-refractivity contribution in [3.05, 3.63) is 18.5 Å². The Balaban J connectivity index is 1.40. The van der Waals surface area contributed by atoms with E-state index in [1.165, 1.54) is 6.42 Å². The third-order valence-corrected chi connectivity index (χ3v) is 5.13. The van der Waals surface area contributed by atoms with Gasteiger partial charge in [0.1, 0.15) is 12.1 Å². The number of hydrogen-bond donors (Lipinski definition) is 1. The van der Waals surface area contributed by atoms with Gasteiger partial charge in [-0.3, -0.25) is 4.90 Å². The van der Waals surface area contributed by atoms with Gasteiger partial charge in [-0.05, 0) is 32.0 Å². The summed E-state index contributed by atoms with van der Waals surface area (Å²) in [5.41, 5.74) is 0.767. The summed E-state index contributed by atoms with van der Waals surface area (Å²) >= 11 is 0. The molecule has 1 aliphatic carbocycles. The highest BCUT2D eigenvalue weighted by atomic mass is 16.3. The number of fused-ring (bicyclic) bond motifs is 1. The lowest BCUT2D eigenvalue weighted by atomic mass is 9.90. The molecule has 0 radical (unpaired) electrons. The molecule has 0 aromatic carbocycles. The first-order valence-electron chi connectivity index (χ1n) is 8.04. The Kier molecular flexibility index (Phi) is 3.46. The number of aliphatic hydroxyl groups is 1. The second kappa shape index (κ2) is 5.48. The predicted octanol–water partition coefficient (Wildman–Crippen LogP) is 0.548. The van der Waals surface area contributed by atoms with Crippen LogP contribution in [0.4, 0.5) is 5.82 Å². The average molecular weight is 302 g/mol. The van der Waals surface area contributed by atoms with Crippen LogP contribution in [0, 0.1) is 0 Å². The van der Waals surface area contributed by atoms with Crippen molar-refractivity contribution in [1.82, 2.24) is 24.7 Å². The first-order chi connectivity index (χ1) is 10.7. The Morgan fingerprint density at radius 2 is 2.05 bits per heavy atom. The molecule has 0 spiro atoms. The van der Waals surface area contributed by atoms with Gasteiger partial charge in [0, 0.05) is 25.2 Å². The van der Waals surface area contributed by atoms with Gasteiger partial charge >= 0.3 is 0 Å². The van der Waals surface area contributed by atoms with Gasteiger partial charge in [0.25, 0.3) is 0 Å². The summed E-state index contributed by atoms with van der Waals surface area (Å²) in [5.74, 6) is 0.959. The molecule has 2 aromatic rings. The van der Waals surface area contributed by atoms with Gasteiger partial charge < -0.3 is 10.0 Å². The van der Waals surface area contributed by atoms with Crippen LogP contribution in [0.1, 0.15) is 25.7 Å². The number of likely N-dealkylation sites (N-methyl/N-ethyl adjacent to an activating group) is 1. The average Bonchev–Trinajstić information content (AvgIpc) is 2.93. The van der Waals surface area contributed by atoms with Crippen molar-refractivity contribution in [2.24, 2.45) is 0 Å². The van der Waals surface area contributed by atoms with E-state index in [1.54, 1.807) is 10.8 Å². The Morgan fingerprint density at radius 3 is 2.86 bits per heavy atom. The van der Waals surface area contributed by atoms with Crippen LogP contribution in [-0.2, 0) is 0 Å². The molecular weight excluding hydrogens is 280 g/mol. The van der Waals surface area contributed by atoms with Crippen molar-refractivity contribution in [2.45, 2.75) is 43.9 Å². The van der Waals surface area contributed by atoms with E-state index in [-0.39, 0.29) is 6.10 Å². The lowest BCUT2D eigenvalue weighted by Gasteiger charge is -2.48. The van der Waals surface area contributed by atoms with Crippen LogP contribution in [0.25, 0.3) is 5.65 Å². The van der Waals surface area contributed by atoms with Crippen LogP contribution in [0.5, 0.6) is 0 Å². The summed E-state index contributed by atoms with van der Waals surface area (Å²) in [7, 11) is 2.15. The molecule has 4 rings (SSSR count). The largest absolute Gasteiger partial charge is 0.391 e. The van der Waals surface area contributed by atoms with Gasteiger partial charge in [-0.1, -0.05) is 12.8 Å². The molecule has 1 N–H and O–H groups in total. The molecule has 2 aromatic heterocycles. The Hall–Kier alpha value is -1.73. The maximum Gasteiger partial charge on any atom is 0.177 e. The van der Waals surface area contributed by atoms with Crippen molar-refractivity contribution < 1.29 is 5.11 Å². The zero-order chi connectivity index (χ0) is 15.1. The molecule has 22 heavy (non-hydrogen) atoms. The molecule has 118 valence electrons. The smallest absolute Gasteiger partial charge is 0.177 e. The second-order valence-electron chi connectivity index (χ2n) is 6.47. The molecule has 1 saturated heterocycles. The minimum Gasteiger partial charge on any atom is -0.391 e. The van der Waals surface area contributed by atoms with E-state index in [0.717, 1.165) is 43.8 Å². The summed E-state index contributed by atoms with van der Waals surface area (Å²) < 4.78 is 1.71. The Labute approximate surface area is 129 Å². The quantitative estimate of drug-likeness (QED) is 0.893. The zero-order valence-corrected chi connectivity index (χ0v) is 12.8. The topological polar surface area (TPSA) is 69.8 Å². The van der Waals surface area contributed by atoms with Crippen molar-refractivity contribution in [3.63, 3.8) is 0 Å². The summed E-state index contributed by atoms with van der Waals surface area (Å²) in [6.07, 6.45) is 5.90. The standard InChI is InChI=1S/C15H22N6O/c1-19(12-4-2-3-5-13(12)22)11-8-20(9-11)15-7-6-14-17-16-10-21(14)18-15/h6-7,10-13,22H,2-5,8-9H2,1H3. The van der Waals surface area contributed by atoms with Gasteiger partial charge in [-0.25, -0.2) is 0 Å². The maximum absolute atomic E-state index is 10.2. The molecule has 2 atom stereocenters. The number of hydrogen-bond acceptors (Lipinski definition) is 6. The van der Waals surface area contributed by atoms with E-state index >= 15 is 0 Å². The molecule has 2 unspecified atom stereocenters. The molecule has 2 aliphatic rings. The molecule has 7 heteroatoms. The first kappa shape index (κ1) is 13.9. The number of nitrogens with zero attached hydrogens (tertiary/aromatic N) is 6. The molecule has 2 fully saturated rings. The van der Waals surface area contributed by atoms with Crippen LogP contribution in [-0.4, -0.2) is 68.1 Å². The van der Waals surface area contributed by atoms with Gasteiger partial charge in [0.2, 0.25) is 0 Å². The van der Waals surface area contributed by atoms with Gasteiger partial charge in [-0.2, -0.15) is 4.52 Å². The van der Waals surface area contributed by atoms with Crippen LogP contribution >= 0.6 is 0 Å². The Morgan fingerprint density at radius 1 is 1.23 bits per heavy atom. The fraction of sp³-hybridized carbons (Fsp3) is 0.667. The number of aliphatic hydroxyl groups excluding tert-OH is 1. The monoisotopic (exact) mass is 302 g/mol. The number of rotatable bonds is 3. The molecule has 7 nitrogen and oxygen atoms in total. The lowest BCUT2D eigenvalue weighted by molar-refractivity contribution is 0.00675. The van der Waals surface area contributed by atoms with E-state index in [4.69, 9.17) is 0 Å². The van der Waals surface area contributed by atoms with Gasteiger partial charge in [0.05, 0.1) is 6.10 Å². The van der Waals surface area contributed by atoms with Crippen LogP contribution in [0.15, 0.2) is 18.5 Å². The SMILES string of the molecule is CN(C1CN(c2ccc3nncn3n2)C1)C1CCCCC1O. The summed E-state index contributed by atoms with van der Waals surface area (Å²) in [6, 6.07) is 4.75. The van der Waals surface area contributed by atoms with Crippen molar-refractivity contribution in [1.29, 1.82) is 0 Å². The maximum atomic E-state index is 10.2.